The number of thioether (sulfide) groups is 1. The number of nitrogens with two attached hydrogens (primary N) is 1. The number of nitrogens with zero attached hydrogens (tertiary/aromatic N) is 1. The lowest BCUT2D eigenvalue weighted by molar-refractivity contribution is 0.487. The average Bonchev–Trinajstić information content (AvgIpc) is 2.94. The Hall–Kier alpha value is -1.88. The number of hydrogen-bond acceptors (Lipinski definition) is 5. The number of fused-ring (bicyclic) bond motifs is 1. The van der Waals surface area contributed by atoms with Crippen LogP contribution in [0.2, 0.25) is 0 Å². The Morgan fingerprint density at radius 3 is 3.06 bits per heavy atom. The van der Waals surface area contributed by atoms with Crippen LogP contribution in [0.5, 0.6) is 0 Å². The highest BCUT2D eigenvalue weighted by atomic mass is 32.2. The summed E-state index contributed by atoms with van der Waals surface area (Å²) in [6.45, 7) is 0. The van der Waals surface area contributed by atoms with E-state index in [4.69, 9.17) is 14.6 Å². The Balaban J connectivity index is 1.81. The largest absolute Gasteiger partial charge is 0.468 e. The maximum absolute atomic E-state index is 5.68. The number of anilines is 1. The van der Waals surface area contributed by atoms with Crippen molar-refractivity contribution < 1.29 is 8.83 Å². The molecular weight excluding hydrogens is 236 g/mol. The van der Waals surface area contributed by atoms with Gasteiger partial charge in [0.1, 0.15) is 11.3 Å². The van der Waals surface area contributed by atoms with Crippen molar-refractivity contribution in [1.82, 2.24) is 4.98 Å². The second kappa shape index (κ2) is 4.18. The highest BCUT2D eigenvalue weighted by Gasteiger charge is 2.07. The topological polar surface area (TPSA) is 65.2 Å². The smallest absolute Gasteiger partial charge is 0.257 e. The molecule has 0 unspecified atom stereocenters. The molecule has 3 rings (SSSR count). The van der Waals surface area contributed by atoms with Crippen LogP contribution in [0.15, 0.2) is 50.7 Å². The third-order valence-corrected chi connectivity index (χ3v) is 3.16. The summed E-state index contributed by atoms with van der Waals surface area (Å²) >= 11 is 1.50. The molecule has 2 aromatic heterocycles. The van der Waals surface area contributed by atoms with Crippen LogP contribution in [0.3, 0.4) is 0 Å². The monoisotopic (exact) mass is 246 g/mol. The molecule has 0 atom stereocenters. The normalized spacial score (nSPS) is 11.1. The summed E-state index contributed by atoms with van der Waals surface area (Å²) in [5, 5.41) is 0.627. The fourth-order valence-electron chi connectivity index (χ4n) is 1.51. The second-order valence-electron chi connectivity index (χ2n) is 3.57. The van der Waals surface area contributed by atoms with Crippen LogP contribution >= 0.6 is 11.8 Å². The van der Waals surface area contributed by atoms with Crippen molar-refractivity contribution in [1.29, 1.82) is 0 Å². The minimum atomic E-state index is 0.627. The van der Waals surface area contributed by atoms with Gasteiger partial charge in [-0.3, -0.25) is 0 Å². The molecule has 86 valence electrons. The highest BCUT2D eigenvalue weighted by Crippen LogP contribution is 2.27. The number of aromatic nitrogens is 1. The maximum atomic E-state index is 5.68. The van der Waals surface area contributed by atoms with E-state index in [0.29, 0.717) is 16.7 Å². The van der Waals surface area contributed by atoms with E-state index >= 15 is 0 Å². The Bertz CT molecular complexity index is 631. The fourth-order valence-corrected chi connectivity index (χ4v) is 2.25. The molecule has 3 aromatic rings. The lowest BCUT2D eigenvalue weighted by Gasteiger charge is -1.91. The van der Waals surface area contributed by atoms with E-state index in [2.05, 4.69) is 4.98 Å². The molecule has 0 aliphatic carbocycles. The van der Waals surface area contributed by atoms with Crippen LogP contribution in [0, 0.1) is 0 Å². The lowest BCUT2D eigenvalue weighted by Crippen LogP contribution is -1.82. The summed E-state index contributed by atoms with van der Waals surface area (Å²) in [7, 11) is 0. The van der Waals surface area contributed by atoms with E-state index in [1.54, 1.807) is 18.4 Å². The summed E-state index contributed by atoms with van der Waals surface area (Å²) in [6, 6.07) is 9.22. The molecule has 1 aromatic carbocycles. The highest BCUT2D eigenvalue weighted by molar-refractivity contribution is 7.98. The van der Waals surface area contributed by atoms with Gasteiger partial charge in [0.2, 0.25) is 0 Å². The average molecular weight is 246 g/mol. The summed E-state index contributed by atoms with van der Waals surface area (Å²) in [6.07, 6.45) is 1.66. The predicted molar refractivity (Wildman–Crippen MR) is 66.7 cm³/mol. The first-order chi connectivity index (χ1) is 8.31. The molecule has 5 heteroatoms. The van der Waals surface area contributed by atoms with Crippen LogP contribution in [0.4, 0.5) is 5.69 Å². The molecule has 2 heterocycles. The third kappa shape index (κ3) is 2.14. The zero-order chi connectivity index (χ0) is 11.7. The Kier molecular flexibility index (Phi) is 2.53. The fraction of sp³-hybridized carbons (Fsp3) is 0.0833. The molecule has 0 bridgehead atoms. The van der Waals surface area contributed by atoms with Gasteiger partial charge < -0.3 is 14.6 Å². The quantitative estimate of drug-likeness (QED) is 0.567. The molecule has 0 amide bonds. The van der Waals surface area contributed by atoms with Crippen LogP contribution in [0.25, 0.3) is 11.1 Å². The zero-order valence-corrected chi connectivity index (χ0v) is 9.74. The van der Waals surface area contributed by atoms with E-state index < -0.39 is 0 Å². The SMILES string of the molecule is Nc1ccc2oc(SCc3ccco3)nc2c1. The summed E-state index contributed by atoms with van der Waals surface area (Å²) in [4.78, 5) is 4.35. The van der Waals surface area contributed by atoms with Crippen LogP contribution in [-0.2, 0) is 5.75 Å². The number of rotatable bonds is 3. The summed E-state index contributed by atoms with van der Waals surface area (Å²) in [5.74, 6) is 1.60. The van der Waals surface area contributed by atoms with Crippen molar-refractivity contribution in [2.24, 2.45) is 0 Å². The number of oxazole rings is 1. The second-order valence-corrected chi connectivity index (χ2v) is 4.50. The number of hydrogen-bond donors (Lipinski definition) is 1. The van der Waals surface area contributed by atoms with Crippen molar-refractivity contribution in [3.05, 3.63) is 42.4 Å². The Morgan fingerprint density at radius 2 is 2.24 bits per heavy atom. The van der Waals surface area contributed by atoms with Gasteiger partial charge >= 0.3 is 0 Å². The van der Waals surface area contributed by atoms with Crippen LogP contribution in [-0.4, -0.2) is 4.98 Å². The van der Waals surface area contributed by atoms with Gasteiger partial charge in [0.15, 0.2) is 5.58 Å². The molecule has 0 saturated carbocycles. The molecule has 17 heavy (non-hydrogen) atoms. The van der Waals surface area contributed by atoms with Gasteiger partial charge in [-0.1, -0.05) is 11.8 Å². The molecule has 0 spiro atoms. The number of nitrogen functional groups attached to an aromatic ring is 1. The Morgan fingerprint density at radius 1 is 1.29 bits per heavy atom. The number of benzene rings is 1. The van der Waals surface area contributed by atoms with E-state index in [1.807, 2.05) is 18.2 Å². The van der Waals surface area contributed by atoms with E-state index in [-0.39, 0.29) is 0 Å². The molecule has 4 nitrogen and oxygen atoms in total. The van der Waals surface area contributed by atoms with Gasteiger partial charge in [-0.15, -0.1) is 0 Å². The zero-order valence-electron chi connectivity index (χ0n) is 8.92. The molecule has 0 aliphatic rings. The molecular formula is C12H10N2O2S. The van der Waals surface area contributed by atoms with Gasteiger partial charge in [-0.2, -0.15) is 0 Å². The minimum Gasteiger partial charge on any atom is -0.468 e. The predicted octanol–water partition coefficient (Wildman–Crippen LogP) is 3.30. The van der Waals surface area contributed by atoms with Crippen molar-refractivity contribution in [2.75, 3.05) is 5.73 Å². The van der Waals surface area contributed by atoms with E-state index in [1.165, 1.54) is 11.8 Å². The van der Waals surface area contributed by atoms with E-state index in [0.717, 1.165) is 16.9 Å². The van der Waals surface area contributed by atoms with Crippen molar-refractivity contribution in [3.63, 3.8) is 0 Å². The molecule has 0 aliphatic heterocycles. The van der Waals surface area contributed by atoms with Gasteiger partial charge in [0, 0.05) is 5.69 Å². The van der Waals surface area contributed by atoms with Crippen molar-refractivity contribution in [3.8, 4) is 0 Å². The molecule has 0 saturated heterocycles. The van der Waals surface area contributed by atoms with Crippen LogP contribution in [0.1, 0.15) is 5.76 Å². The first-order valence-electron chi connectivity index (χ1n) is 5.12. The summed E-state index contributed by atoms with van der Waals surface area (Å²) in [5.41, 5.74) is 7.90. The van der Waals surface area contributed by atoms with Crippen molar-refractivity contribution in [2.45, 2.75) is 11.0 Å². The Labute approximate surface area is 102 Å². The number of furan rings is 1. The lowest BCUT2D eigenvalue weighted by atomic mass is 10.3. The third-order valence-electron chi connectivity index (χ3n) is 2.31. The minimum absolute atomic E-state index is 0.627. The van der Waals surface area contributed by atoms with Crippen molar-refractivity contribution >= 4 is 28.5 Å². The first kappa shape index (κ1) is 10.3. The first-order valence-corrected chi connectivity index (χ1v) is 6.11. The maximum Gasteiger partial charge on any atom is 0.257 e. The van der Waals surface area contributed by atoms with Gasteiger partial charge in [-0.25, -0.2) is 4.98 Å². The molecule has 0 fully saturated rings. The van der Waals surface area contributed by atoms with Crippen LogP contribution < -0.4 is 5.73 Å². The van der Waals surface area contributed by atoms with Gasteiger partial charge in [0.05, 0.1) is 12.0 Å². The van der Waals surface area contributed by atoms with Gasteiger partial charge in [-0.05, 0) is 30.3 Å². The summed E-state index contributed by atoms with van der Waals surface area (Å²) < 4.78 is 10.8. The van der Waals surface area contributed by atoms with E-state index in [9.17, 15) is 0 Å². The molecule has 0 radical (unpaired) electrons. The molecule has 2 N–H and O–H groups in total. The standard InChI is InChI=1S/C12H10N2O2S/c13-8-3-4-11-10(6-8)14-12(16-11)17-7-9-2-1-5-15-9/h1-6H,7,13H2. The van der Waals surface area contributed by atoms with Gasteiger partial charge in [0.25, 0.3) is 5.22 Å².